The fourth-order valence-electron chi connectivity index (χ4n) is 3.63. The van der Waals surface area contributed by atoms with Crippen molar-refractivity contribution in [3.8, 4) is 0 Å². The molecule has 0 unspecified atom stereocenters. The van der Waals surface area contributed by atoms with Crippen LogP contribution in [-0.2, 0) is 28.5 Å². The van der Waals surface area contributed by atoms with E-state index in [-0.39, 0.29) is 21.6 Å². The lowest BCUT2D eigenvalue weighted by Crippen LogP contribution is -2.55. The van der Waals surface area contributed by atoms with Gasteiger partial charge in [0.1, 0.15) is 6.10 Å². The molecule has 0 spiro atoms. The van der Waals surface area contributed by atoms with E-state index in [1.165, 1.54) is 0 Å². The summed E-state index contributed by atoms with van der Waals surface area (Å²) in [5.41, 5.74) is 0.897. The van der Waals surface area contributed by atoms with E-state index in [9.17, 15) is 8.42 Å². The van der Waals surface area contributed by atoms with Gasteiger partial charge in [-0.15, -0.1) is 0 Å². The molecule has 1 saturated heterocycles. The first-order valence-corrected chi connectivity index (χ1v) is 15.6. The number of sulfone groups is 1. The molecule has 0 aliphatic carbocycles. The maximum Gasteiger partial charge on any atom is 0.238 e. The molecule has 0 N–H and O–H groups in total. The molecule has 178 valence electrons. The van der Waals surface area contributed by atoms with Crippen LogP contribution < -0.4 is 0 Å². The van der Waals surface area contributed by atoms with Crippen molar-refractivity contribution in [2.45, 2.75) is 68.4 Å². The summed E-state index contributed by atoms with van der Waals surface area (Å²) >= 11 is 0. The molecule has 2 aliphatic heterocycles. The smallest absolute Gasteiger partial charge is 0.238 e. The second-order valence-electron chi connectivity index (χ2n) is 9.98. The molecule has 6 nitrogen and oxygen atoms in total. The predicted octanol–water partition coefficient (Wildman–Crippen LogP) is 5.21. The molecule has 2 heterocycles. The lowest BCUT2D eigenvalue weighted by Gasteiger charge is -2.46. The van der Waals surface area contributed by atoms with Gasteiger partial charge >= 0.3 is 0 Å². The first-order chi connectivity index (χ1) is 15.5. The Balaban J connectivity index is 1.70. The maximum absolute atomic E-state index is 13.3. The summed E-state index contributed by atoms with van der Waals surface area (Å²) < 4.78 is 51.6. The summed E-state index contributed by atoms with van der Waals surface area (Å²) in [5, 5.41) is -0.166. The van der Waals surface area contributed by atoms with Crippen LogP contribution in [0.25, 0.3) is 0 Å². The summed E-state index contributed by atoms with van der Waals surface area (Å²) in [6.07, 6.45) is -0.654. The van der Waals surface area contributed by atoms with Crippen LogP contribution in [0.2, 0.25) is 18.1 Å². The van der Waals surface area contributed by atoms with Crippen molar-refractivity contribution in [2.75, 3.05) is 6.61 Å². The van der Waals surface area contributed by atoms with E-state index in [2.05, 4.69) is 33.9 Å². The van der Waals surface area contributed by atoms with Crippen molar-refractivity contribution in [1.29, 1.82) is 0 Å². The zero-order valence-corrected chi connectivity index (χ0v) is 21.5. The standard InChI is InChI=1S/C25H32O6SSi/c1-25(2,3)33(4,5)31-20-16-22(32(26,27)19-14-10-7-11-15-19)29-21-17-28-24(30-23(20)21)18-12-8-6-9-13-18/h6-16,20-21,23-24H,17H2,1-5H3/t20-,21-,23+,24-/m1/s1. The Morgan fingerprint density at radius 2 is 1.58 bits per heavy atom. The van der Waals surface area contributed by atoms with E-state index in [1.54, 1.807) is 36.4 Å². The Hall–Kier alpha value is -1.97. The monoisotopic (exact) mass is 488 g/mol. The van der Waals surface area contributed by atoms with Gasteiger partial charge in [-0.3, -0.25) is 0 Å². The van der Waals surface area contributed by atoms with Crippen LogP contribution in [0.4, 0.5) is 0 Å². The minimum absolute atomic E-state index is 0.0584. The quantitative estimate of drug-likeness (QED) is 0.539. The molecule has 0 aromatic heterocycles. The predicted molar refractivity (Wildman–Crippen MR) is 129 cm³/mol. The maximum atomic E-state index is 13.3. The molecule has 2 aromatic carbocycles. The van der Waals surface area contributed by atoms with Crippen molar-refractivity contribution in [3.05, 3.63) is 77.4 Å². The molecular formula is C25H32O6SSi. The van der Waals surface area contributed by atoms with Gasteiger partial charge in [-0.25, -0.2) is 8.42 Å². The summed E-state index contributed by atoms with van der Waals surface area (Å²) in [4.78, 5) is 0.181. The van der Waals surface area contributed by atoms with Gasteiger partial charge in [0.2, 0.25) is 14.9 Å². The van der Waals surface area contributed by atoms with Crippen LogP contribution in [0.3, 0.4) is 0 Å². The van der Waals surface area contributed by atoms with Crippen molar-refractivity contribution in [1.82, 2.24) is 0 Å². The first-order valence-electron chi connectivity index (χ1n) is 11.2. The van der Waals surface area contributed by atoms with Gasteiger partial charge in [-0.2, -0.15) is 0 Å². The third-order valence-corrected chi connectivity index (χ3v) is 12.7. The number of ether oxygens (including phenoxy) is 3. The first kappa shape index (κ1) is 24.2. The van der Waals surface area contributed by atoms with E-state index >= 15 is 0 Å². The lowest BCUT2D eigenvalue weighted by molar-refractivity contribution is -0.275. The van der Waals surface area contributed by atoms with E-state index in [0.717, 1.165) is 5.56 Å². The third kappa shape index (κ3) is 4.95. The Morgan fingerprint density at radius 3 is 2.18 bits per heavy atom. The molecule has 0 amide bonds. The van der Waals surface area contributed by atoms with Crippen LogP contribution in [0.1, 0.15) is 32.6 Å². The van der Waals surface area contributed by atoms with Gasteiger partial charge in [-0.1, -0.05) is 69.3 Å². The van der Waals surface area contributed by atoms with Gasteiger partial charge in [-0.05, 0) is 30.3 Å². The van der Waals surface area contributed by atoms with Crippen molar-refractivity contribution < 1.29 is 27.1 Å². The Morgan fingerprint density at radius 1 is 0.970 bits per heavy atom. The zero-order chi connectivity index (χ0) is 23.9. The molecule has 8 heteroatoms. The second-order valence-corrected chi connectivity index (χ2v) is 16.6. The SMILES string of the molecule is CC(C)(C)[Si](C)(C)O[C@@H]1C=C(S(=O)(=O)c2ccccc2)O[C@@H]2CO[C@@H](c3ccccc3)O[C@@H]12. The normalized spacial score (nSPS) is 26.2. The topological polar surface area (TPSA) is 71.1 Å². The second kappa shape index (κ2) is 9.00. The van der Waals surface area contributed by atoms with Crippen LogP contribution in [0.15, 0.2) is 76.7 Å². The van der Waals surface area contributed by atoms with Crippen LogP contribution in [0, 0.1) is 0 Å². The van der Waals surface area contributed by atoms with E-state index in [1.807, 2.05) is 30.3 Å². The van der Waals surface area contributed by atoms with E-state index in [0.29, 0.717) is 0 Å². The Kier molecular flexibility index (Phi) is 6.59. The zero-order valence-electron chi connectivity index (χ0n) is 19.7. The molecule has 4 rings (SSSR count). The van der Waals surface area contributed by atoms with E-state index in [4.69, 9.17) is 18.6 Å². The molecule has 2 aromatic rings. The fraction of sp³-hybridized carbons (Fsp3) is 0.440. The van der Waals surface area contributed by atoms with Crippen LogP contribution in [-0.4, -0.2) is 41.7 Å². The highest BCUT2D eigenvalue weighted by Gasteiger charge is 2.48. The lowest BCUT2D eigenvalue weighted by atomic mass is 10.0. The van der Waals surface area contributed by atoms with Crippen LogP contribution in [0.5, 0.6) is 0 Å². The highest BCUT2D eigenvalue weighted by molar-refractivity contribution is 7.95. The Bertz CT molecular complexity index is 1090. The van der Waals surface area contributed by atoms with Crippen molar-refractivity contribution in [2.24, 2.45) is 0 Å². The number of rotatable bonds is 5. The highest BCUT2D eigenvalue weighted by atomic mass is 32.2. The summed E-state index contributed by atoms with van der Waals surface area (Å²) in [6.45, 7) is 10.9. The van der Waals surface area contributed by atoms with Gasteiger partial charge in [0, 0.05) is 11.6 Å². The van der Waals surface area contributed by atoms with E-state index < -0.39 is 42.8 Å². The van der Waals surface area contributed by atoms with Crippen molar-refractivity contribution in [3.63, 3.8) is 0 Å². The largest absolute Gasteiger partial charge is 0.474 e. The minimum atomic E-state index is -3.84. The number of fused-ring (bicyclic) bond motifs is 1. The summed E-state index contributed by atoms with van der Waals surface area (Å²) in [6, 6.07) is 18.0. The molecule has 0 saturated carbocycles. The van der Waals surface area contributed by atoms with Gasteiger partial charge in [0.05, 0.1) is 17.6 Å². The minimum Gasteiger partial charge on any atom is -0.474 e. The molecule has 33 heavy (non-hydrogen) atoms. The number of hydrogen-bond donors (Lipinski definition) is 0. The highest BCUT2D eigenvalue weighted by Crippen LogP contribution is 2.42. The third-order valence-electron chi connectivity index (χ3n) is 6.58. The average molecular weight is 489 g/mol. The van der Waals surface area contributed by atoms with Gasteiger partial charge in [0.25, 0.3) is 0 Å². The Labute approximate surface area is 197 Å². The molecule has 4 atom stereocenters. The number of hydrogen-bond acceptors (Lipinski definition) is 6. The summed E-state index contributed by atoms with van der Waals surface area (Å²) in [5.74, 6) is 0. The van der Waals surface area contributed by atoms with Gasteiger partial charge < -0.3 is 18.6 Å². The van der Waals surface area contributed by atoms with Crippen molar-refractivity contribution >= 4 is 18.2 Å². The number of benzene rings is 2. The fourth-order valence-corrected chi connectivity index (χ4v) is 6.17. The molecule has 0 bridgehead atoms. The molecule has 0 radical (unpaired) electrons. The van der Waals surface area contributed by atoms with Gasteiger partial charge in [0.15, 0.2) is 20.7 Å². The average Bonchev–Trinajstić information content (AvgIpc) is 2.79. The summed E-state index contributed by atoms with van der Waals surface area (Å²) in [7, 11) is -6.09. The van der Waals surface area contributed by atoms with Crippen LogP contribution >= 0.6 is 0 Å². The molecule has 2 aliphatic rings. The molecule has 1 fully saturated rings. The molecular weight excluding hydrogens is 456 g/mol.